The van der Waals surface area contributed by atoms with Crippen LogP contribution >= 0.6 is 11.8 Å². The third-order valence-corrected chi connectivity index (χ3v) is 6.08. The Balaban J connectivity index is 1.28. The minimum Gasteiger partial charge on any atom is -0.441 e. The van der Waals surface area contributed by atoms with E-state index in [0.29, 0.717) is 18.0 Å². The Bertz CT molecular complexity index is 955. The minimum atomic E-state index is 0.385. The Morgan fingerprint density at radius 3 is 2.57 bits per heavy atom. The third kappa shape index (κ3) is 4.55. The summed E-state index contributed by atoms with van der Waals surface area (Å²) in [6.07, 6.45) is 2.18. The van der Waals surface area contributed by atoms with Crippen molar-refractivity contribution >= 4 is 39.9 Å². The minimum absolute atomic E-state index is 0.385. The molecule has 0 saturated carbocycles. The smallest absolute Gasteiger partial charge is 0.192 e. The quantitative estimate of drug-likeness (QED) is 0.474. The molecule has 0 spiro atoms. The lowest BCUT2D eigenvalue weighted by molar-refractivity contribution is 0.561. The normalized spacial score (nSPS) is 15.5. The summed E-state index contributed by atoms with van der Waals surface area (Å²) in [7, 11) is 0. The van der Waals surface area contributed by atoms with E-state index in [-0.39, 0.29) is 0 Å². The lowest BCUT2D eigenvalue weighted by Crippen LogP contribution is -2.21. The van der Waals surface area contributed by atoms with Gasteiger partial charge >= 0.3 is 0 Å². The number of nitrogens with zero attached hydrogens (tertiary/aromatic N) is 1. The van der Waals surface area contributed by atoms with Gasteiger partial charge in [0.2, 0.25) is 0 Å². The van der Waals surface area contributed by atoms with Gasteiger partial charge in [-0.2, -0.15) is 0 Å². The topological polar surface area (TPSA) is 62.1 Å². The average Bonchev–Trinajstić information content (AvgIpc) is 3.05. The van der Waals surface area contributed by atoms with Crippen LogP contribution in [0, 0.1) is 6.92 Å². The number of hydrogen-bond donors (Lipinski definition) is 3. The molecule has 2 aromatic carbocycles. The molecule has 6 heteroatoms. The highest BCUT2D eigenvalue weighted by Crippen LogP contribution is 2.33. The van der Waals surface area contributed by atoms with E-state index >= 15 is 0 Å². The number of aromatic nitrogens is 1. The number of rotatable bonds is 7. The maximum absolute atomic E-state index is 5.55. The fourth-order valence-corrected chi connectivity index (χ4v) is 4.45. The van der Waals surface area contributed by atoms with E-state index < -0.39 is 0 Å². The van der Waals surface area contributed by atoms with Gasteiger partial charge in [0.15, 0.2) is 11.5 Å². The average molecular weight is 397 g/mol. The molecule has 2 atom stereocenters. The summed E-state index contributed by atoms with van der Waals surface area (Å²) in [6, 6.07) is 13.5. The summed E-state index contributed by atoms with van der Waals surface area (Å²) < 4.78 is 5.55. The van der Waals surface area contributed by atoms with Crippen molar-refractivity contribution in [3.05, 3.63) is 42.3 Å². The first-order valence-electron chi connectivity index (χ1n) is 9.98. The highest BCUT2D eigenvalue weighted by molar-refractivity contribution is 7.99. The molecule has 28 heavy (non-hydrogen) atoms. The standard InChI is InChI=1S/C22H28N4OS/c1-14(24-17-6-8-21-19(12-17)26-16(3)27-21)4-5-15(2)25-18-7-9-22-20(13-18)23-10-11-28-22/h6-9,12-15,23-25H,4-5,10-11H2,1-3H3. The van der Waals surface area contributed by atoms with Crippen LogP contribution in [0.15, 0.2) is 45.7 Å². The van der Waals surface area contributed by atoms with Crippen LogP contribution in [-0.2, 0) is 0 Å². The molecule has 0 amide bonds. The first kappa shape index (κ1) is 19.0. The maximum Gasteiger partial charge on any atom is 0.192 e. The van der Waals surface area contributed by atoms with Gasteiger partial charge in [-0.25, -0.2) is 4.98 Å². The van der Waals surface area contributed by atoms with Crippen LogP contribution in [0.25, 0.3) is 11.1 Å². The Labute approximate surface area is 170 Å². The van der Waals surface area contributed by atoms with E-state index in [1.54, 1.807) is 0 Å². The van der Waals surface area contributed by atoms with E-state index in [1.807, 2.05) is 24.8 Å². The van der Waals surface area contributed by atoms with Crippen LogP contribution in [0.5, 0.6) is 0 Å². The van der Waals surface area contributed by atoms with Crippen molar-refractivity contribution in [3.63, 3.8) is 0 Å². The van der Waals surface area contributed by atoms with Gasteiger partial charge in [0.1, 0.15) is 5.52 Å². The van der Waals surface area contributed by atoms with Crippen LogP contribution in [0.2, 0.25) is 0 Å². The summed E-state index contributed by atoms with van der Waals surface area (Å²) in [6.45, 7) is 7.39. The lowest BCUT2D eigenvalue weighted by Gasteiger charge is -2.22. The van der Waals surface area contributed by atoms with E-state index in [4.69, 9.17) is 4.42 Å². The second-order valence-corrected chi connectivity index (χ2v) is 8.71. The highest BCUT2D eigenvalue weighted by Gasteiger charge is 2.12. The number of aryl methyl sites for hydroxylation is 1. The molecule has 0 fully saturated rings. The van der Waals surface area contributed by atoms with Crippen molar-refractivity contribution in [1.82, 2.24) is 4.98 Å². The van der Waals surface area contributed by atoms with Crippen molar-refractivity contribution in [2.45, 2.75) is 50.6 Å². The van der Waals surface area contributed by atoms with Crippen molar-refractivity contribution < 1.29 is 4.42 Å². The highest BCUT2D eigenvalue weighted by atomic mass is 32.2. The first-order valence-corrected chi connectivity index (χ1v) is 11.0. The van der Waals surface area contributed by atoms with Gasteiger partial charge in [0.25, 0.3) is 0 Å². The van der Waals surface area contributed by atoms with Gasteiger partial charge in [-0.15, -0.1) is 11.8 Å². The fraction of sp³-hybridized carbons (Fsp3) is 0.409. The number of hydrogen-bond acceptors (Lipinski definition) is 6. The number of nitrogens with one attached hydrogen (secondary N) is 3. The molecule has 2 unspecified atom stereocenters. The van der Waals surface area contributed by atoms with Gasteiger partial charge in [0, 0.05) is 53.3 Å². The zero-order chi connectivity index (χ0) is 19.5. The number of anilines is 3. The molecule has 4 rings (SSSR count). The third-order valence-electron chi connectivity index (χ3n) is 5.01. The van der Waals surface area contributed by atoms with Gasteiger partial charge in [0.05, 0.1) is 0 Å². The fourth-order valence-electron chi connectivity index (χ4n) is 3.58. The van der Waals surface area contributed by atoms with Gasteiger partial charge < -0.3 is 20.4 Å². The van der Waals surface area contributed by atoms with Crippen LogP contribution < -0.4 is 16.0 Å². The van der Waals surface area contributed by atoms with Crippen molar-refractivity contribution in [2.75, 3.05) is 28.2 Å². The molecule has 1 aliphatic rings. The molecular formula is C22H28N4OS. The van der Waals surface area contributed by atoms with E-state index in [2.05, 4.69) is 65.1 Å². The van der Waals surface area contributed by atoms with E-state index in [1.165, 1.54) is 16.3 Å². The summed E-state index contributed by atoms with van der Waals surface area (Å²) in [5.74, 6) is 1.85. The number of fused-ring (bicyclic) bond motifs is 2. The molecule has 2 heterocycles. The number of thioether (sulfide) groups is 1. The second kappa shape index (κ2) is 8.35. The molecule has 0 saturated heterocycles. The first-order chi connectivity index (χ1) is 13.6. The summed E-state index contributed by atoms with van der Waals surface area (Å²) in [5, 5.41) is 10.7. The van der Waals surface area contributed by atoms with Crippen LogP contribution in [0.3, 0.4) is 0 Å². The number of oxazole rings is 1. The summed E-state index contributed by atoms with van der Waals surface area (Å²) in [5.41, 5.74) is 5.28. The Morgan fingerprint density at radius 2 is 1.79 bits per heavy atom. The zero-order valence-electron chi connectivity index (χ0n) is 16.7. The van der Waals surface area contributed by atoms with Crippen molar-refractivity contribution in [1.29, 1.82) is 0 Å². The SMILES string of the molecule is Cc1nc2cc(NC(C)CCC(C)Nc3ccc4c(c3)NCCS4)ccc2o1. The van der Waals surface area contributed by atoms with E-state index in [0.717, 1.165) is 41.9 Å². The van der Waals surface area contributed by atoms with Crippen molar-refractivity contribution in [2.24, 2.45) is 0 Å². The molecule has 3 aromatic rings. The van der Waals surface area contributed by atoms with Crippen LogP contribution in [0.4, 0.5) is 17.1 Å². The summed E-state index contributed by atoms with van der Waals surface area (Å²) in [4.78, 5) is 5.76. The summed E-state index contributed by atoms with van der Waals surface area (Å²) >= 11 is 1.92. The zero-order valence-corrected chi connectivity index (χ0v) is 17.5. The lowest BCUT2D eigenvalue weighted by atomic mass is 10.1. The van der Waals surface area contributed by atoms with Crippen LogP contribution in [-0.4, -0.2) is 29.4 Å². The largest absolute Gasteiger partial charge is 0.441 e. The van der Waals surface area contributed by atoms with Gasteiger partial charge in [-0.1, -0.05) is 0 Å². The molecule has 148 valence electrons. The second-order valence-electron chi connectivity index (χ2n) is 7.57. The molecular weight excluding hydrogens is 368 g/mol. The molecule has 0 bridgehead atoms. The van der Waals surface area contributed by atoms with Gasteiger partial charge in [-0.3, -0.25) is 0 Å². The molecule has 1 aromatic heterocycles. The Hall–Kier alpha value is -2.34. The molecule has 0 aliphatic carbocycles. The predicted molar refractivity (Wildman–Crippen MR) is 120 cm³/mol. The molecule has 5 nitrogen and oxygen atoms in total. The van der Waals surface area contributed by atoms with Gasteiger partial charge in [-0.05, 0) is 63.1 Å². The Morgan fingerprint density at radius 1 is 1.07 bits per heavy atom. The molecule has 3 N–H and O–H groups in total. The van der Waals surface area contributed by atoms with Crippen molar-refractivity contribution in [3.8, 4) is 0 Å². The van der Waals surface area contributed by atoms with Crippen LogP contribution in [0.1, 0.15) is 32.6 Å². The predicted octanol–water partition coefficient (Wildman–Crippen LogP) is 5.74. The Kier molecular flexibility index (Phi) is 5.67. The maximum atomic E-state index is 5.55. The monoisotopic (exact) mass is 396 g/mol. The van der Waals surface area contributed by atoms with E-state index in [9.17, 15) is 0 Å². The molecule has 0 radical (unpaired) electrons. The molecule has 1 aliphatic heterocycles. The number of benzene rings is 2.